The second-order valence-electron chi connectivity index (χ2n) is 48.3. The molecule has 6 aliphatic rings. The molecule has 770 valence electrons. The average molecular weight is 1980 g/mol. The molecule has 1 aliphatic heterocycles. The van der Waals surface area contributed by atoms with Crippen LogP contribution in [0.1, 0.15) is 280 Å². The lowest BCUT2D eigenvalue weighted by Crippen LogP contribution is -2.36. The van der Waals surface area contributed by atoms with Crippen LogP contribution in [0.25, 0.3) is 90.4 Å². The largest absolute Gasteiger partial charge is 0.493 e. The minimum atomic E-state index is -1.05. The molecule has 5 aliphatic carbocycles. The number of nitriles is 4. The van der Waals surface area contributed by atoms with Crippen LogP contribution < -0.4 is 0 Å². The number of aliphatic hydroxyl groups is 1. The maximum atomic E-state index is 12.0. The minimum absolute atomic E-state index is 0.0423. The van der Waals surface area contributed by atoms with Gasteiger partial charge in [-0.3, -0.25) is 9.59 Å². The zero-order chi connectivity index (χ0) is 108. The Labute approximate surface area is 880 Å². The van der Waals surface area contributed by atoms with Crippen molar-refractivity contribution < 1.29 is 19.4 Å². The quantitative estimate of drug-likeness (QED) is 0.0256. The van der Waals surface area contributed by atoms with E-state index in [4.69, 9.17) is 46.8 Å². The zero-order valence-electron chi connectivity index (χ0n) is 92.9. The van der Waals surface area contributed by atoms with Crippen molar-refractivity contribution in [2.45, 2.75) is 301 Å². The molecule has 0 bridgehead atoms. The SMILES string of the molecule is Cc1ccc2nc(/C=C/C3=CC(=CC#N)CC(C)(C)C3)n(CC(C)C)c2c1.Cc1ccc2nc(/C=C/C3=CC(=CC=O)CC(C)(C)C3)n(CC(C)C)c2c1.Cc1ccc2nc(/C=C/C3=CC(=O)CC(C)(C)C3)n(CC(C)C)c2c1.Cc1ccc2nc(/C=C/C3=CC(O)(CC#N)CC(C)(C)C3)n(CC(C)C)c2c1.[C-]#[N+]C1=C(C=CC=C2C=C(/C=C/c3nc4ccc(C)cc4n3CC(C)C)CC(C)(C)C2)C(C)(C)OC1=C(C#N)C#N. The number of hydrogen-bond donors (Lipinski definition) is 1. The van der Waals surface area contributed by atoms with Crippen LogP contribution in [-0.4, -0.2) is 76.1 Å². The lowest BCUT2D eigenvalue weighted by atomic mass is 9.70. The van der Waals surface area contributed by atoms with Crippen LogP contribution in [-0.2, 0) is 47.0 Å². The predicted molar refractivity (Wildman–Crippen MR) is 609 cm³/mol. The summed E-state index contributed by atoms with van der Waals surface area (Å²) in [4.78, 5) is 50.8. The maximum Gasteiger partial charge on any atom is 0.237 e. The van der Waals surface area contributed by atoms with Crippen LogP contribution >= 0.6 is 0 Å². The van der Waals surface area contributed by atoms with Gasteiger partial charge in [-0.05, 0) is 345 Å². The molecule has 19 nitrogen and oxygen atoms in total. The van der Waals surface area contributed by atoms with Gasteiger partial charge in [-0.2, -0.15) is 21.0 Å². The Morgan fingerprint density at radius 2 is 0.716 bits per heavy atom. The van der Waals surface area contributed by atoms with E-state index in [-0.39, 0.29) is 56.3 Å². The van der Waals surface area contributed by atoms with Crippen molar-refractivity contribution in [1.29, 1.82) is 21.0 Å². The number of carbonyl (C=O) groups excluding carboxylic acids is 2. The molecule has 1 atom stereocenters. The summed E-state index contributed by atoms with van der Waals surface area (Å²) >= 11 is 0. The van der Waals surface area contributed by atoms with Crippen LogP contribution in [0.3, 0.4) is 0 Å². The fourth-order valence-electron chi connectivity index (χ4n) is 21.4. The number of aldehydes is 1. The molecule has 16 rings (SSSR count). The number of ketones is 1. The standard InChI is InChI=1S/C35H37N5O.C24H31N3O.C24H29N3.C24H30N2O.C22H28N2O/c1-23(2)22-40-30-16-24(3)12-14-29(30)39-31(40)15-13-26-17-25(18-34(4,5)19-26)10-9-11-28-32(38-8)33(27(20-36)21-37)41-35(28,6)7;1-17(2)15-27-21-12-18(3)6-8-20(21)26-22(27)9-7-19-13-23(4,5)16-24(28,14-19)10-11-25;1-17(2)16-27-22-12-18(3)6-8-21(22)26-23(27)9-7-19-13-20(10-11-25)15-24(4,5)14-19;1-17(2)16-26-22-12-18(3)6-8-21(22)25-23(26)9-7-19-13-20(10-11-27)15-24(4,5)14-19;1-15(2)14-24-20-10-16(3)6-8-19(20)23-21(24)9-7-17-11-18(25)13-22(4,5)12-17/h9-17,23H,18-19,22H2,1-7H3;6-9,12,14,17,28H,10,13,15-16H2,1-5H3;6-10,12-13,17H,14-16H2,1-5H3;6-13,17H,14-16H2,1-5H3;6-11,15H,12-14H2,1-5H3/b11-9?,15-13+,25-10?;9-7+;2*9-7+,20-10?;9-7+. The molecule has 1 unspecified atom stereocenters. The van der Waals surface area contributed by atoms with E-state index in [1.807, 2.05) is 44.2 Å². The highest BCUT2D eigenvalue weighted by Gasteiger charge is 2.41. The number of benzene rings is 5. The van der Waals surface area contributed by atoms with Crippen molar-refractivity contribution in [3.8, 4) is 24.3 Å². The van der Waals surface area contributed by atoms with Gasteiger partial charge in [-0.15, -0.1) is 0 Å². The number of aryl methyl sites for hydroxylation is 5. The van der Waals surface area contributed by atoms with Gasteiger partial charge in [0.15, 0.2) is 17.1 Å². The Bertz CT molecular complexity index is 7440. The number of rotatable bonds is 24. The summed E-state index contributed by atoms with van der Waals surface area (Å²) in [6, 6.07) is 40.1. The molecule has 0 saturated carbocycles. The van der Waals surface area contributed by atoms with Crippen molar-refractivity contribution in [2.24, 2.45) is 56.7 Å². The van der Waals surface area contributed by atoms with Crippen LogP contribution in [0.15, 0.2) is 249 Å². The molecule has 5 aromatic heterocycles. The van der Waals surface area contributed by atoms with Crippen LogP contribution in [0.4, 0.5) is 0 Å². The van der Waals surface area contributed by atoms with Crippen molar-refractivity contribution in [3.63, 3.8) is 0 Å². The van der Waals surface area contributed by atoms with Gasteiger partial charge in [-0.25, -0.2) is 29.8 Å². The van der Waals surface area contributed by atoms with E-state index in [2.05, 4.69) is 389 Å². The number of nitrogens with zero attached hydrogens (tertiary/aromatic N) is 15. The maximum absolute atomic E-state index is 12.0. The summed E-state index contributed by atoms with van der Waals surface area (Å²) in [5, 5.41) is 47.6. The molecule has 0 radical (unpaired) electrons. The number of allylic oxidation sites excluding steroid dienone is 22. The van der Waals surface area contributed by atoms with E-state index < -0.39 is 11.2 Å². The summed E-state index contributed by atoms with van der Waals surface area (Å²) in [7, 11) is 0. The van der Waals surface area contributed by atoms with Crippen LogP contribution in [0.2, 0.25) is 0 Å². The number of hydrogen-bond acceptors (Lipinski definition) is 13. The summed E-state index contributed by atoms with van der Waals surface area (Å²) in [5.41, 5.74) is 25.8. The molecule has 19 heteroatoms. The molecule has 0 spiro atoms. The molecule has 0 amide bonds. The van der Waals surface area contributed by atoms with Crippen molar-refractivity contribution in [1.82, 2.24) is 47.8 Å². The lowest BCUT2D eigenvalue weighted by molar-refractivity contribution is -0.117. The summed E-state index contributed by atoms with van der Waals surface area (Å²) < 4.78 is 17.4. The van der Waals surface area contributed by atoms with Crippen molar-refractivity contribution >= 4 is 97.6 Å². The lowest BCUT2D eigenvalue weighted by Gasteiger charge is -2.38. The average Bonchev–Trinajstić information content (AvgIpc) is 1.63. The van der Waals surface area contributed by atoms with Gasteiger partial charge in [0.2, 0.25) is 5.70 Å². The summed E-state index contributed by atoms with van der Waals surface area (Å²) in [5.74, 6) is 7.79. The Kier molecular flexibility index (Phi) is 36.3. The first kappa shape index (κ1) is 113. The summed E-state index contributed by atoms with van der Waals surface area (Å²) in [6.07, 6.45) is 50.5. The topological polar surface area (TPSA) is 252 Å². The van der Waals surface area contributed by atoms with E-state index in [1.165, 1.54) is 72.2 Å². The number of ether oxygens (including phenoxy) is 1. The van der Waals surface area contributed by atoms with Crippen LogP contribution in [0, 0.1) is 143 Å². The second-order valence-corrected chi connectivity index (χ2v) is 48.3. The van der Waals surface area contributed by atoms with Gasteiger partial charge in [-0.1, -0.05) is 236 Å². The zero-order valence-corrected chi connectivity index (χ0v) is 92.9. The molecule has 1 N–H and O–H groups in total. The second kappa shape index (κ2) is 47.8. The Hall–Kier alpha value is -14.2. The van der Waals surface area contributed by atoms with Gasteiger partial charge < -0.3 is 32.7 Å². The fourth-order valence-corrected chi connectivity index (χ4v) is 21.4. The fraction of sp³-hybridized carbons (Fsp3) is 0.426. The number of carbonyl (C=O) groups is 2. The van der Waals surface area contributed by atoms with Crippen molar-refractivity contribution in [2.75, 3.05) is 0 Å². The highest BCUT2D eigenvalue weighted by Crippen LogP contribution is 2.47. The van der Waals surface area contributed by atoms with Gasteiger partial charge in [0.25, 0.3) is 0 Å². The Balaban J connectivity index is 0.000000166. The molecular formula is C129H155N15O4. The molecule has 5 aromatic carbocycles. The predicted octanol–water partition coefficient (Wildman–Crippen LogP) is 31.4. The Morgan fingerprint density at radius 3 is 1.02 bits per heavy atom. The monoisotopic (exact) mass is 1980 g/mol. The van der Waals surface area contributed by atoms with Gasteiger partial charge in [0, 0.05) is 50.8 Å². The third-order valence-corrected chi connectivity index (χ3v) is 27.0. The molecule has 6 heterocycles. The molecule has 0 saturated heterocycles. The van der Waals surface area contributed by atoms with Gasteiger partial charge >= 0.3 is 0 Å². The first-order valence-electron chi connectivity index (χ1n) is 52.6. The van der Waals surface area contributed by atoms with E-state index in [1.54, 1.807) is 18.2 Å². The first-order valence-corrected chi connectivity index (χ1v) is 52.6. The van der Waals surface area contributed by atoms with Crippen molar-refractivity contribution in [3.05, 3.63) is 318 Å². The highest BCUT2D eigenvalue weighted by atomic mass is 16.5. The van der Waals surface area contributed by atoms with Gasteiger partial charge in [0.05, 0.1) is 85.9 Å². The third kappa shape index (κ3) is 30.3. The minimum Gasteiger partial charge on any atom is -0.493 e. The molecule has 0 fully saturated rings. The number of aromatic nitrogens is 10. The smallest absolute Gasteiger partial charge is 0.237 e. The van der Waals surface area contributed by atoms with Gasteiger partial charge in [0.1, 0.15) is 53.1 Å². The molecule has 148 heavy (non-hydrogen) atoms. The highest BCUT2D eigenvalue weighted by molar-refractivity contribution is 5.93. The number of imidazole rings is 5. The van der Waals surface area contributed by atoms with E-state index in [9.17, 15) is 25.2 Å². The molecule has 10 aromatic rings. The van der Waals surface area contributed by atoms with E-state index >= 15 is 0 Å². The van der Waals surface area contributed by atoms with E-state index in [0.717, 1.165) is 175 Å². The Morgan fingerprint density at radius 1 is 0.412 bits per heavy atom. The molecular weight excluding hydrogens is 1820 g/mol. The first-order chi connectivity index (χ1) is 69.7. The van der Waals surface area contributed by atoms with Crippen LogP contribution in [0.5, 0.6) is 0 Å². The summed E-state index contributed by atoms with van der Waals surface area (Å²) in [6.45, 7) is 71.0. The normalized spacial score (nSPS) is 19.2. The van der Waals surface area contributed by atoms with E-state index in [0.29, 0.717) is 48.0 Å². The number of fused-ring (bicyclic) bond motifs is 5. The third-order valence-electron chi connectivity index (χ3n) is 27.0.